The Kier molecular flexibility index (Phi) is 5.48. The third-order valence-corrected chi connectivity index (χ3v) is 3.35. The third kappa shape index (κ3) is 4.73. The summed E-state index contributed by atoms with van der Waals surface area (Å²) in [5, 5.41) is 3.32. The number of aromatic nitrogens is 1. The van der Waals surface area contributed by atoms with Crippen LogP contribution in [0.1, 0.15) is 12.5 Å². The molecule has 1 N–H and O–H groups in total. The van der Waals surface area contributed by atoms with Crippen molar-refractivity contribution in [2.75, 3.05) is 13.2 Å². The maximum absolute atomic E-state index is 5.70. The largest absolute Gasteiger partial charge is 0.492 e. The molecule has 0 saturated carbocycles. The Morgan fingerprint density at radius 1 is 1.21 bits per heavy atom. The Hall–Kier alpha value is -1.26. The second kappa shape index (κ2) is 7.36. The zero-order valence-electron chi connectivity index (χ0n) is 11.1. The molecule has 0 bridgehead atoms. The predicted octanol–water partition coefficient (Wildman–Crippen LogP) is 3.44. The van der Waals surface area contributed by atoms with Crippen LogP contribution in [-0.4, -0.2) is 17.7 Å². The summed E-state index contributed by atoms with van der Waals surface area (Å²) in [5.74, 6) is 0.906. The first-order valence-corrected chi connectivity index (χ1v) is 7.31. The highest BCUT2D eigenvalue weighted by molar-refractivity contribution is 9.10. The monoisotopic (exact) mass is 322 g/mol. The lowest BCUT2D eigenvalue weighted by atomic mass is 10.3. The summed E-state index contributed by atoms with van der Waals surface area (Å²) in [6.07, 6.45) is 4.26. The number of halogens is 1. The summed E-state index contributed by atoms with van der Waals surface area (Å²) in [7, 11) is 0. The molecule has 0 spiro atoms. The van der Waals surface area contributed by atoms with Crippen LogP contribution in [0.3, 0.4) is 0 Å². The molecule has 2 aromatic rings. The van der Waals surface area contributed by atoms with Crippen LogP contribution in [0.5, 0.6) is 5.75 Å². The van der Waals surface area contributed by atoms with Crippen LogP contribution in [0.15, 0.2) is 47.2 Å². The van der Waals surface area contributed by atoms with E-state index in [2.05, 4.69) is 51.2 Å². The van der Waals surface area contributed by atoms with Crippen LogP contribution in [-0.2, 0) is 13.1 Å². The molecular formula is C15H19BrN2O. The average Bonchev–Trinajstić information content (AvgIpc) is 2.87. The molecule has 0 radical (unpaired) electrons. The van der Waals surface area contributed by atoms with Crippen molar-refractivity contribution in [3.8, 4) is 5.75 Å². The molecule has 0 amide bonds. The Balaban J connectivity index is 1.76. The lowest BCUT2D eigenvalue weighted by Gasteiger charge is -2.07. The maximum Gasteiger partial charge on any atom is 0.119 e. The standard InChI is InChI=1S/C15H19BrN2O/c1-2-17-11-13-7-8-18(12-13)9-10-19-15-5-3-14(16)4-6-15/h3-8,12,17H,2,9-11H2,1H3. The molecule has 1 aromatic carbocycles. The summed E-state index contributed by atoms with van der Waals surface area (Å²) in [6, 6.07) is 10.0. The van der Waals surface area contributed by atoms with Gasteiger partial charge in [0.15, 0.2) is 0 Å². The van der Waals surface area contributed by atoms with Gasteiger partial charge in [-0.2, -0.15) is 0 Å². The molecule has 0 saturated heterocycles. The van der Waals surface area contributed by atoms with Crippen LogP contribution < -0.4 is 10.1 Å². The molecular weight excluding hydrogens is 304 g/mol. The summed E-state index contributed by atoms with van der Waals surface area (Å²) < 4.78 is 8.92. The van der Waals surface area contributed by atoms with Gasteiger partial charge in [0, 0.05) is 23.4 Å². The SMILES string of the molecule is CCNCc1ccn(CCOc2ccc(Br)cc2)c1. The Morgan fingerprint density at radius 3 is 2.74 bits per heavy atom. The summed E-state index contributed by atoms with van der Waals surface area (Å²) in [5.41, 5.74) is 1.31. The first kappa shape index (κ1) is 14.2. The second-order valence-corrected chi connectivity index (χ2v) is 5.26. The fourth-order valence-electron chi connectivity index (χ4n) is 1.80. The summed E-state index contributed by atoms with van der Waals surface area (Å²) in [4.78, 5) is 0. The fraction of sp³-hybridized carbons (Fsp3) is 0.333. The maximum atomic E-state index is 5.70. The van der Waals surface area contributed by atoms with Gasteiger partial charge < -0.3 is 14.6 Å². The van der Waals surface area contributed by atoms with Crippen LogP contribution in [0.25, 0.3) is 0 Å². The van der Waals surface area contributed by atoms with Crippen molar-refractivity contribution in [2.45, 2.75) is 20.0 Å². The number of hydrogen-bond donors (Lipinski definition) is 1. The minimum absolute atomic E-state index is 0.678. The van der Waals surface area contributed by atoms with Gasteiger partial charge in [-0.15, -0.1) is 0 Å². The van der Waals surface area contributed by atoms with E-state index in [0.717, 1.165) is 29.9 Å². The zero-order chi connectivity index (χ0) is 13.5. The van der Waals surface area contributed by atoms with Crippen LogP contribution in [0, 0.1) is 0 Å². The number of nitrogens with zero attached hydrogens (tertiary/aromatic N) is 1. The predicted molar refractivity (Wildman–Crippen MR) is 81.4 cm³/mol. The van der Waals surface area contributed by atoms with Gasteiger partial charge >= 0.3 is 0 Å². The van der Waals surface area contributed by atoms with E-state index in [4.69, 9.17) is 4.74 Å². The van der Waals surface area contributed by atoms with Gasteiger partial charge in [-0.1, -0.05) is 22.9 Å². The van der Waals surface area contributed by atoms with Crippen molar-refractivity contribution < 1.29 is 4.74 Å². The molecule has 19 heavy (non-hydrogen) atoms. The van der Waals surface area contributed by atoms with Gasteiger partial charge in [-0.05, 0) is 42.4 Å². The minimum Gasteiger partial charge on any atom is -0.492 e. The number of rotatable bonds is 7. The lowest BCUT2D eigenvalue weighted by Crippen LogP contribution is -2.11. The van der Waals surface area contributed by atoms with Gasteiger partial charge in [0.25, 0.3) is 0 Å². The van der Waals surface area contributed by atoms with Gasteiger partial charge in [-0.25, -0.2) is 0 Å². The van der Waals surface area contributed by atoms with E-state index in [0.29, 0.717) is 6.61 Å². The Labute approximate surface area is 122 Å². The molecule has 0 aliphatic rings. The molecule has 2 rings (SSSR count). The number of ether oxygens (including phenoxy) is 1. The van der Waals surface area contributed by atoms with Crippen molar-refractivity contribution in [3.05, 3.63) is 52.8 Å². The first-order valence-electron chi connectivity index (χ1n) is 6.51. The van der Waals surface area contributed by atoms with E-state index in [1.165, 1.54) is 5.56 Å². The smallest absolute Gasteiger partial charge is 0.119 e. The van der Waals surface area contributed by atoms with E-state index >= 15 is 0 Å². The molecule has 0 atom stereocenters. The molecule has 0 aliphatic carbocycles. The minimum atomic E-state index is 0.678. The molecule has 0 fully saturated rings. The van der Waals surface area contributed by atoms with E-state index < -0.39 is 0 Å². The second-order valence-electron chi connectivity index (χ2n) is 4.34. The highest BCUT2D eigenvalue weighted by atomic mass is 79.9. The highest BCUT2D eigenvalue weighted by Crippen LogP contribution is 2.16. The summed E-state index contributed by atoms with van der Waals surface area (Å²) in [6.45, 7) is 5.58. The van der Waals surface area contributed by atoms with E-state index in [1.54, 1.807) is 0 Å². The van der Waals surface area contributed by atoms with Gasteiger partial charge in [0.1, 0.15) is 12.4 Å². The molecule has 4 heteroatoms. The summed E-state index contributed by atoms with van der Waals surface area (Å²) >= 11 is 3.41. The van der Waals surface area contributed by atoms with Crippen molar-refractivity contribution in [3.63, 3.8) is 0 Å². The van der Waals surface area contributed by atoms with E-state index in [1.807, 2.05) is 24.3 Å². The topological polar surface area (TPSA) is 26.2 Å². The highest BCUT2D eigenvalue weighted by Gasteiger charge is 1.97. The first-order chi connectivity index (χ1) is 9.28. The average molecular weight is 323 g/mol. The van der Waals surface area contributed by atoms with Crippen molar-refractivity contribution >= 4 is 15.9 Å². The molecule has 3 nitrogen and oxygen atoms in total. The quantitative estimate of drug-likeness (QED) is 0.845. The zero-order valence-corrected chi connectivity index (χ0v) is 12.7. The van der Waals surface area contributed by atoms with Crippen LogP contribution in [0.2, 0.25) is 0 Å². The number of hydrogen-bond acceptors (Lipinski definition) is 2. The normalized spacial score (nSPS) is 10.6. The van der Waals surface area contributed by atoms with E-state index in [-0.39, 0.29) is 0 Å². The van der Waals surface area contributed by atoms with Crippen molar-refractivity contribution in [1.29, 1.82) is 0 Å². The van der Waals surface area contributed by atoms with Gasteiger partial charge in [0.05, 0.1) is 6.54 Å². The van der Waals surface area contributed by atoms with E-state index in [9.17, 15) is 0 Å². The fourth-order valence-corrected chi connectivity index (χ4v) is 2.07. The third-order valence-electron chi connectivity index (χ3n) is 2.82. The van der Waals surface area contributed by atoms with Crippen LogP contribution >= 0.6 is 15.9 Å². The Bertz CT molecular complexity index is 493. The molecule has 0 aliphatic heterocycles. The lowest BCUT2D eigenvalue weighted by molar-refractivity contribution is 0.298. The van der Waals surface area contributed by atoms with Crippen molar-refractivity contribution in [2.24, 2.45) is 0 Å². The van der Waals surface area contributed by atoms with Crippen LogP contribution in [0.4, 0.5) is 0 Å². The molecule has 0 unspecified atom stereocenters. The molecule has 1 aromatic heterocycles. The van der Waals surface area contributed by atoms with Gasteiger partial charge in [0.2, 0.25) is 0 Å². The number of benzene rings is 1. The molecule has 102 valence electrons. The Morgan fingerprint density at radius 2 is 2.00 bits per heavy atom. The van der Waals surface area contributed by atoms with Gasteiger partial charge in [-0.3, -0.25) is 0 Å². The molecule has 1 heterocycles. The number of nitrogens with one attached hydrogen (secondary N) is 1. The van der Waals surface area contributed by atoms with Crippen molar-refractivity contribution in [1.82, 2.24) is 9.88 Å².